The Labute approximate surface area is 151 Å². The summed E-state index contributed by atoms with van der Waals surface area (Å²) >= 11 is 0. The minimum absolute atomic E-state index is 0. The van der Waals surface area contributed by atoms with Crippen molar-refractivity contribution >= 4 is 24.2 Å². The summed E-state index contributed by atoms with van der Waals surface area (Å²) in [6.07, 6.45) is -0.0933. The van der Waals surface area contributed by atoms with Crippen molar-refractivity contribution in [2.24, 2.45) is 5.92 Å². The van der Waals surface area contributed by atoms with E-state index in [9.17, 15) is 18.4 Å². The Morgan fingerprint density at radius 1 is 1.32 bits per heavy atom. The fraction of sp³-hybridized carbons (Fsp3) is 0.529. The second kappa shape index (κ2) is 8.10. The van der Waals surface area contributed by atoms with Crippen molar-refractivity contribution in [3.63, 3.8) is 0 Å². The van der Waals surface area contributed by atoms with E-state index in [4.69, 9.17) is 0 Å². The number of halogens is 3. The zero-order valence-corrected chi connectivity index (χ0v) is 14.5. The van der Waals surface area contributed by atoms with Gasteiger partial charge in [0.1, 0.15) is 0 Å². The summed E-state index contributed by atoms with van der Waals surface area (Å²) in [5.74, 6) is -3.16. The SMILES string of the molecule is Cl.O=C(NCC1CC(=O)N(Cc2ccccc2)C1)C1CC(F)(F)CN1. The zero-order valence-electron chi connectivity index (χ0n) is 13.7. The highest BCUT2D eigenvalue weighted by Crippen LogP contribution is 2.25. The van der Waals surface area contributed by atoms with Gasteiger partial charge in [-0.25, -0.2) is 8.78 Å². The quantitative estimate of drug-likeness (QED) is 0.823. The van der Waals surface area contributed by atoms with Gasteiger partial charge in [-0.3, -0.25) is 14.9 Å². The molecule has 25 heavy (non-hydrogen) atoms. The van der Waals surface area contributed by atoms with E-state index in [1.165, 1.54) is 0 Å². The second-order valence-corrected chi connectivity index (χ2v) is 6.57. The Hall–Kier alpha value is -1.73. The van der Waals surface area contributed by atoms with Crippen molar-refractivity contribution < 1.29 is 18.4 Å². The molecule has 2 N–H and O–H groups in total. The summed E-state index contributed by atoms with van der Waals surface area (Å²) < 4.78 is 26.2. The minimum atomic E-state index is -2.82. The van der Waals surface area contributed by atoms with Gasteiger partial charge in [0.25, 0.3) is 5.92 Å². The van der Waals surface area contributed by atoms with Gasteiger partial charge in [0.15, 0.2) is 0 Å². The molecule has 0 aliphatic carbocycles. The lowest BCUT2D eigenvalue weighted by Gasteiger charge is -2.17. The minimum Gasteiger partial charge on any atom is -0.354 e. The van der Waals surface area contributed by atoms with Gasteiger partial charge in [-0.15, -0.1) is 12.4 Å². The summed E-state index contributed by atoms with van der Waals surface area (Å²) in [5.41, 5.74) is 1.06. The summed E-state index contributed by atoms with van der Waals surface area (Å²) in [6, 6.07) is 8.87. The Morgan fingerprint density at radius 3 is 2.68 bits per heavy atom. The molecular formula is C17H22ClF2N3O2. The number of carbonyl (C=O) groups is 2. The van der Waals surface area contributed by atoms with Gasteiger partial charge >= 0.3 is 0 Å². The normalized spacial score (nSPS) is 24.9. The molecule has 8 heteroatoms. The van der Waals surface area contributed by atoms with Crippen molar-refractivity contribution in [3.05, 3.63) is 35.9 Å². The van der Waals surface area contributed by atoms with Crippen molar-refractivity contribution in [1.29, 1.82) is 0 Å². The van der Waals surface area contributed by atoms with Crippen LogP contribution >= 0.6 is 12.4 Å². The summed E-state index contributed by atoms with van der Waals surface area (Å²) in [5, 5.41) is 5.23. The summed E-state index contributed by atoms with van der Waals surface area (Å²) in [7, 11) is 0. The molecule has 0 saturated carbocycles. The van der Waals surface area contributed by atoms with Crippen LogP contribution in [-0.2, 0) is 16.1 Å². The number of alkyl halides is 2. The fourth-order valence-electron chi connectivity index (χ4n) is 3.22. The third-order valence-corrected chi connectivity index (χ3v) is 4.50. The molecule has 2 aliphatic rings. The molecule has 2 saturated heterocycles. The van der Waals surface area contributed by atoms with E-state index < -0.39 is 30.8 Å². The lowest BCUT2D eigenvalue weighted by molar-refractivity contribution is -0.128. The van der Waals surface area contributed by atoms with Crippen LogP contribution in [0, 0.1) is 5.92 Å². The van der Waals surface area contributed by atoms with Crippen LogP contribution in [0.5, 0.6) is 0 Å². The van der Waals surface area contributed by atoms with Crippen LogP contribution in [0.15, 0.2) is 30.3 Å². The highest BCUT2D eigenvalue weighted by Gasteiger charge is 2.42. The van der Waals surface area contributed by atoms with Gasteiger partial charge in [-0.2, -0.15) is 0 Å². The van der Waals surface area contributed by atoms with Crippen molar-refractivity contribution in [3.8, 4) is 0 Å². The standard InChI is InChI=1S/C17H21F2N3O2.ClH/c18-17(19)7-14(21-11-17)16(24)20-8-13-6-15(23)22(10-13)9-12-4-2-1-3-5-12;/h1-5,13-14,21H,6-11H2,(H,20,24);1H. The van der Waals surface area contributed by atoms with Crippen LogP contribution in [0.25, 0.3) is 0 Å². The third-order valence-electron chi connectivity index (χ3n) is 4.50. The number of amides is 2. The maximum Gasteiger partial charge on any atom is 0.262 e. The van der Waals surface area contributed by atoms with Crippen LogP contribution in [-0.4, -0.2) is 48.3 Å². The average Bonchev–Trinajstić information content (AvgIpc) is 3.09. The number of benzene rings is 1. The molecule has 138 valence electrons. The van der Waals surface area contributed by atoms with Gasteiger partial charge in [0.2, 0.25) is 11.8 Å². The molecular weight excluding hydrogens is 352 g/mol. The lowest BCUT2D eigenvalue weighted by atomic mass is 10.1. The molecule has 0 radical (unpaired) electrons. The van der Waals surface area contributed by atoms with Crippen LogP contribution < -0.4 is 10.6 Å². The number of likely N-dealkylation sites (tertiary alicyclic amines) is 1. The predicted molar refractivity (Wildman–Crippen MR) is 91.6 cm³/mol. The second-order valence-electron chi connectivity index (χ2n) is 6.57. The summed E-state index contributed by atoms with van der Waals surface area (Å²) in [4.78, 5) is 25.8. The van der Waals surface area contributed by atoms with Crippen LogP contribution in [0.1, 0.15) is 18.4 Å². The zero-order chi connectivity index (χ0) is 17.2. The van der Waals surface area contributed by atoms with Gasteiger partial charge in [0.05, 0.1) is 12.6 Å². The first kappa shape index (κ1) is 19.6. The monoisotopic (exact) mass is 373 g/mol. The van der Waals surface area contributed by atoms with Crippen molar-refractivity contribution in [2.45, 2.75) is 31.4 Å². The number of hydrogen-bond donors (Lipinski definition) is 2. The highest BCUT2D eigenvalue weighted by atomic mass is 35.5. The largest absolute Gasteiger partial charge is 0.354 e. The Balaban J connectivity index is 0.00000225. The lowest BCUT2D eigenvalue weighted by Crippen LogP contribution is -2.42. The maximum absolute atomic E-state index is 13.1. The topological polar surface area (TPSA) is 61.4 Å². The number of nitrogens with one attached hydrogen (secondary N) is 2. The molecule has 5 nitrogen and oxygen atoms in total. The van der Waals surface area contributed by atoms with Gasteiger partial charge in [-0.05, 0) is 5.56 Å². The van der Waals surface area contributed by atoms with E-state index in [0.717, 1.165) is 5.56 Å². The first-order chi connectivity index (χ1) is 11.4. The molecule has 1 aromatic carbocycles. The Bertz CT molecular complexity index is 615. The van der Waals surface area contributed by atoms with Crippen LogP contribution in [0.3, 0.4) is 0 Å². The summed E-state index contributed by atoms with van der Waals surface area (Å²) in [6.45, 7) is 1.00. The van der Waals surface area contributed by atoms with E-state index in [2.05, 4.69) is 10.6 Å². The Morgan fingerprint density at radius 2 is 2.04 bits per heavy atom. The highest BCUT2D eigenvalue weighted by molar-refractivity contribution is 5.85. The fourth-order valence-corrected chi connectivity index (χ4v) is 3.22. The molecule has 0 spiro atoms. The number of nitrogens with zero attached hydrogens (tertiary/aromatic N) is 1. The molecule has 0 aromatic heterocycles. The van der Waals surface area contributed by atoms with Crippen molar-refractivity contribution in [1.82, 2.24) is 15.5 Å². The van der Waals surface area contributed by atoms with E-state index >= 15 is 0 Å². The molecule has 2 unspecified atom stereocenters. The van der Waals surface area contributed by atoms with E-state index in [1.54, 1.807) is 4.90 Å². The molecule has 2 heterocycles. The number of carbonyl (C=O) groups excluding carboxylic acids is 2. The smallest absolute Gasteiger partial charge is 0.262 e. The van der Waals surface area contributed by atoms with Gasteiger partial charge in [-0.1, -0.05) is 30.3 Å². The van der Waals surface area contributed by atoms with Crippen LogP contribution in [0.2, 0.25) is 0 Å². The van der Waals surface area contributed by atoms with Crippen LogP contribution in [0.4, 0.5) is 8.78 Å². The molecule has 2 fully saturated rings. The predicted octanol–water partition coefficient (Wildman–Crippen LogP) is 1.57. The molecule has 2 amide bonds. The number of rotatable bonds is 5. The first-order valence-electron chi connectivity index (χ1n) is 8.13. The third kappa shape index (κ3) is 5.12. The Kier molecular flexibility index (Phi) is 6.35. The van der Waals surface area contributed by atoms with Gasteiger partial charge in [0, 0.05) is 38.4 Å². The number of hydrogen-bond acceptors (Lipinski definition) is 3. The first-order valence-corrected chi connectivity index (χ1v) is 8.13. The van der Waals surface area contributed by atoms with Gasteiger partial charge < -0.3 is 10.2 Å². The van der Waals surface area contributed by atoms with E-state index in [0.29, 0.717) is 26.1 Å². The molecule has 3 rings (SSSR count). The van der Waals surface area contributed by atoms with E-state index in [-0.39, 0.29) is 24.2 Å². The maximum atomic E-state index is 13.1. The molecule has 0 bridgehead atoms. The average molecular weight is 374 g/mol. The molecule has 1 aromatic rings. The molecule has 2 aliphatic heterocycles. The molecule has 2 atom stereocenters. The van der Waals surface area contributed by atoms with Crippen molar-refractivity contribution in [2.75, 3.05) is 19.6 Å². The van der Waals surface area contributed by atoms with E-state index in [1.807, 2.05) is 30.3 Å².